The van der Waals surface area contributed by atoms with E-state index in [2.05, 4.69) is 34.1 Å². The van der Waals surface area contributed by atoms with Crippen molar-refractivity contribution >= 4 is 17.3 Å². The number of aromatic nitrogens is 1. The molecule has 0 aliphatic carbocycles. The molecule has 1 heterocycles. The second-order valence-electron chi connectivity index (χ2n) is 3.49. The van der Waals surface area contributed by atoms with Gasteiger partial charge in [0.05, 0.1) is 5.01 Å². The molecular formula is C12H20N4S. The average molecular weight is 252 g/mol. The molecule has 2 N–H and O–H groups in total. The summed E-state index contributed by atoms with van der Waals surface area (Å²) in [6.07, 6.45) is 5.76. The van der Waals surface area contributed by atoms with E-state index < -0.39 is 0 Å². The maximum absolute atomic E-state index is 4.37. The lowest BCUT2D eigenvalue weighted by molar-refractivity contribution is 0.817. The van der Waals surface area contributed by atoms with Crippen molar-refractivity contribution in [3.63, 3.8) is 0 Å². The number of hydrogen-bond acceptors (Lipinski definition) is 3. The van der Waals surface area contributed by atoms with E-state index in [1.54, 1.807) is 24.5 Å². The monoisotopic (exact) mass is 252 g/mol. The molecule has 17 heavy (non-hydrogen) atoms. The second kappa shape index (κ2) is 7.84. The van der Waals surface area contributed by atoms with E-state index in [1.165, 1.54) is 9.88 Å². The molecule has 1 rings (SSSR count). The van der Waals surface area contributed by atoms with Crippen molar-refractivity contribution in [2.45, 2.75) is 19.8 Å². The molecule has 0 amide bonds. The largest absolute Gasteiger partial charge is 0.356 e. The summed E-state index contributed by atoms with van der Waals surface area (Å²) in [7, 11) is 1.76. The van der Waals surface area contributed by atoms with Crippen molar-refractivity contribution in [3.8, 4) is 0 Å². The molecule has 0 fully saturated rings. The number of nitrogens with one attached hydrogen (secondary N) is 2. The van der Waals surface area contributed by atoms with E-state index in [9.17, 15) is 0 Å². The topological polar surface area (TPSA) is 49.3 Å². The fourth-order valence-corrected chi connectivity index (χ4v) is 2.17. The molecule has 0 saturated heterocycles. The fourth-order valence-electron chi connectivity index (χ4n) is 1.30. The number of hydrogen-bond donors (Lipinski definition) is 2. The van der Waals surface area contributed by atoms with Crippen LogP contribution in [0.4, 0.5) is 0 Å². The Morgan fingerprint density at radius 1 is 1.59 bits per heavy atom. The standard InChI is InChI=1S/C12H20N4S/c1-4-7-14-12(13-3)15-8-6-11-16-9-10(5-2)17-11/h4,9H,1,5-8H2,2-3H3,(H2,13,14,15). The van der Waals surface area contributed by atoms with Crippen LogP contribution in [0.1, 0.15) is 16.8 Å². The maximum Gasteiger partial charge on any atom is 0.191 e. The number of rotatable bonds is 6. The molecule has 1 aromatic heterocycles. The van der Waals surface area contributed by atoms with Crippen molar-refractivity contribution in [3.05, 3.63) is 28.7 Å². The number of thiazole rings is 1. The van der Waals surface area contributed by atoms with E-state index in [1.807, 2.05) is 6.20 Å². The summed E-state index contributed by atoms with van der Waals surface area (Å²) >= 11 is 1.78. The highest BCUT2D eigenvalue weighted by Crippen LogP contribution is 2.13. The van der Waals surface area contributed by atoms with Crippen LogP contribution in [-0.2, 0) is 12.8 Å². The Morgan fingerprint density at radius 2 is 2.41 bits per heavy atom. The minimum atomic E-state index is 0.719. The first kappa shape index (κ1) is 13.7. The third kappa shape index (κ3) is 4.99. The first-order chi connectivity index (χ1) is 8.30. The minimum absolute atomic E-state index is 0.719. The molecule has 0 spiro atoms. The predicted molar refractivity (Wildman–Crippen MR) is 74.8 cm³/mol. The molecule has 4 nitrogen and oxygen atoms in total. The van der Waals surface area contributed by atoms with Crippen molar-refractivity contribution in [2.24, 2.45) is 4.99 Å². The summed E-state index contributed by atoms with van der Waals surface area (Å²) in [6, 6.07) is 0. The van der Waals surface area contributed by atoms with Crippen molar-refractivity contribution in [2.75, 3.05) is 20.1 Å². The molecule has 0 aliphatic heterocycles. The molecule has 5 heteroatoms. The normalized spacial score (nSPS) is 11.3. The van der Waals surface area contributed by atoms with E-state index in [-0.39, 0.29) is 0 Å². The zero-order valence-corrected chi connectivity index (χ0v) is 11.3. The Balaban J connectivity index is 2.28. The SMILES string of the molecule is C=CCNC(=NC)NCCc1ncc(CC)s1. The third-order valence-corrected chi connectivity index (χ3v) is 3.42. The molecule has 94 valence electrons. The van der Waals surface area contributed by atoms with Gasteiger partial charge in [-0.1, -0.05) is 13.0 Å². The van der Waals surface area contributed by atoms with E-state index >= 15 is 0 Å². The Kier molecular flexibility index (Phi) is 6.32. The van der Waals surface area contributed by atoms with Crippen molar-refractivity contribution < 1.29 is 0 Å². The highest BCUT2D eigenvalue weighted by molar-refractivity contribution is 7.11. The van der Waals surface area contributed by atoms with Gasteiger partial charge in [-0.05, 0) is 6.42 Å². The van der Waals surface area contributed by atoms with E-state index in [0.717, 1.165) is 31.9 Å². The van der Waals surface area contributed by atoms with Crippen LogP contribution in [0.3, 0.4) is 0 Å². The van der Waals surface area contributed by atoms with Crippen LogP contribution >= 0.6 is 11.3 Å². The van der Waals surface area contributed by atoms with Crippen LogP contribution in [0.25, 0.3) is 0 Å². The number of aryl methyl sites for hydroxylation is 1. The van der Waals surface area contributed by atoms with Crippen LogP contribution in [0.2, 0.25) is 0 Å². The van der Waals surface area contributed by atoms with Crippen LogP contribution in [-0.4, -0.2) is 31.1 Å². The van der Waals surface area contributed by atoms with Crippen molar-refractivity contribution in [1.29, 1.82) is 0 Å². The van der Waals surface area contributed by atoms with Gasteiger partial charge in [0.15, 0.2) is 5.96 Å². The van der Waals surface area contributed by atoms with Gasteiger partial charge in [0.25, 0.3) is 0 Å². The molecular weight excluding hydrogens is 232 g/mol. The van der Waals surface area contributed by atoms with Gasteiger partial charge in [-0.15, -0.1) is 17.9 Å². The van der Waals surface area contributed by atoms with Gasteiger partial charge >= 0.3 is 0 Å². The zero-order valence-electron chi connectivity index (χ0n) is 10.5. The Hall–Kier alpha value is -1.36. The second-order valence-corrected chi connectivity index (χ2v) is 4.69. The molecule has 0 radical (unpaired) electrons. The molecule has 0 atom stereocenters. The van der Waals surface area contributed by atoms with Crippen LogP contribution in [0.5, 0.6) is 0 Å². The molecule has 0 saturated carbocycles. The summed E-state index contributed by atoms with van der Waals surface area (Å²) < 4.78 is 0. The lowest BCUT2D eigenvalue weighted by atomic mass is 10.4. The van der Waals surface area contributed by atoms with Crippen LogP contribution < -0.4 is 10.6 Å². The quantitative estimate of drug-likeness (QED) is 0.459. The summed E-state index contributed by atoms with van der Waals surface area (Å²) in [4.78, 5) is 9.82. The van der Waals surface area contributed by atoms with E-state index in [0.29, 0.717) is 0 Å². The molecule has 0 aliphatic rings. The fraction of sp³-hybridized carbons (Fsp3) is 0.500. The number of nitrogens with zero attached hydrogens (tertiary/aromatic N) is 2. The Bertz CT molecular complexity index is 370. The summed E-state index contributed by atoms with van der Waals surface area (Å²) in [5.41, 5.74) is 0. The summed E-state index contributed by atoms with van der Waals surface area (Å²) in [6.45, 7) is 7.36. The highest BCUT2D eigenvalue weighted by Gasteiger charge is 2.01. The molecule has 0 unspecified atom stereocenters. The van der Waals surface area contributed by atoms with Gasteiger partial charge in [0.2, 0.25) is 0 Å². The van der Waals surface area contributed by atoms with Gasteiger partial charge in [-0.25, -0.2) is 4.98 Å². The predicted octanol–water partition coefficient (Wildman–Crippen LogP) is 1.60. The summed E-state index contributed by atoms with van der Waals surface area (Å²) in [5.74, 6) is 0.803. The summed E-state index contributed by atoms with van der Waals surface area (Å²) in [5, 5.41) is 7.54. The number of guanidine groups is 1. The lowest BCUT2D eigenvalue weighted by Crippen LogP contribution is -2.38. The van der Waals surface area contributed by atoms with Crippen LogP contribution in [0.15, 0.2) is 23.8 Å². The third-order valence-electron chi connectivity index (χ3n) is 2.22. The molecule has 0 aromatic carbocycles. The maximum atomic E-state index is 4.37. The number of aliphatic imine (C=N–C) groups is 1. The van der Waals surface area contributed by atoms with Gasteiger partial charge in [-0.2, -0.15) is 0 Å². The molecule has 0 bridgehead atoms. The first-order valence-electron chi connectivity index (χ1n) is 5.79. The van der Waals surface area contributed by atoms with Gasteiger partial charge < -0.3 is 10.6 Å². The smallest absolute Gasteiger partial charge is 0.191 e. The van der Waals surface area contributed by atoms with Gasteiger partial charge in [0.1, 0.15) is 0 Å². The van der Waals surface area contributed by atoms with E-state index in [4.69, 9.17) is 0 Å². The zero-order chi connectivity index (χ0) is 12.5. The van der Waals surface area contributed by atoms with Gasteiger partial charge in [-0.3, -0.25) is 4.99 Å². The first-order valence-corrected chi connectivity index (χ1v) is 6.60. The Morgan fingerprint density at radius 3 is 3.00 bits per heavy atom. The average Bonchev–Trinajstić information content (AvgIpc) is 2.81. The lowest BCUT2D eigenvalue weighted by Gasteiger charge is -2.09. The van der Waals surface area contributed by atoms with Crippen molar-refractivity contribution in [1.82, 2.24) is 15.6 Å². The van der Waals surface area contributed by atoms with Crippen LogP contribution in [0, 0.1) is 0 Å². The minimum Gasteiger partial charge on any atom is -0.356 e. The molecule has 1 aromatic rings. The Labute approximate surface area is 107 Å². The highest BCUT2D eigenvalue weighted by atomic mass is 32.1. The van der Waals surface area contributed by atoms with Gasteiger partial charge in [0, 0.05) is 37.6 Å².